The Morgan fingerprint density at radius 2 is 2.03 bits per heavy atom. The van der Waals surface area contributed by atoms with E-state index in [0.29, 0.717) is 30.9 Å². The summed E-state index contributed by atoms with van der Waals surface area (Å²) in [7, 11) is 0. The second-order valence-electron chi connectivity index (χ2n) is 7.64. The monoisotopic (exact) mass is 432 g/mol. The highest BCUT2D eigenvalue weighted by Gasteiger charge is 2.23. The van der Waals surface area contributed by atoms with Gasteiger partial charge < -0.3 is 4.42 Å². The Bertz CT molecular complexity index is 1400. The van der Waals surface area contributed by atoms with E-state index in [-0.39, 0.29) is 17.5 Å². The minimum absolute atomic E-state index is 0.137. The molecule has 9 heteroatoms. The van der Waals surface area contributed by atoms with Gasteiger partial charge in [0.1, 0.15) is 5.82 Å². The molecule has 0 N–H and O–H groups in total. The molecule has 1 aliphatic heterocycles. The molecule has 0 saturated heterocycles. The number of nitrogens with zero attached hydrogens (tertiary/aromatic N) is 4. The second kappa shape index (κ2) is 7.93. The Morgan fingerprint density at radius 3 is 2.81 bits per heavy atom. The second-order valence-corrected chi connectivity index (χ2v) is 7.64. The molecule has 0 saturated carbocycles. The number of rotatable bonds is 4. The molecule has 2 aromatic heterocycles. The predicted molar refractivity (Wildman–Crippen MR) is 114 cm³/mol. The van der Waals surface area contributed by atoms with Crippen molar-refractivity contribution in [2.24, 2.45) is 0 Å². The zero-order valence-electron chi connectivity index (χ0n) is 16.8. The van der Waals surface area contributed by atoms with Gasteiger partial charge in [0.15, 0.2) is 11.3 Å². The first-order valence-electron chi connectivity index (χ1n) is 10.0. The molecule has 0 atom stereocenters. The zero-order chi connectivity index (χ0) is 22.2. The van der Waals surface area contributed by atoms with Crippen LogP contribution in [0.1, 0.15) is 16.8 Å². The molecule has 4 aromatic rings. The quantitative estimate of drug-likeness (QED) is 0.356. The number of hydrogen-bond acceptors (Lipinski definition) is 7. The van der Waals surface area contributed by atoms with E-state index in [1.807, 2.05) is 35.2 Å². The minimum Gasteiger partial charge on any atom is -0.456 e. The number of nitro benzene ring substituents is 1. The Labute approximate surface area is 181 Å². The van der Waals surface area contributed by atoms with Gasteiger partial charge in [-0.2, -0.15) is 0 Å². The Kier molecular flexibility index (Phi) is 4.95. The summed E-state index contributed by atoms with van der Waals surface area (Å²) in [5.41, 5.74) is 1.94. The third-order valence-electron chi connectivity index (χ3n) is 5.53. The molecule has 5 rings (SSSR count). The highest BCUT2D eigenvalue weighted by molar-refractivity contribution is 5.85. The molecule has 0 aliphatic carbocycles. The molecule has 3 heterocycles. The van der Waals surface area contributed by atoms with Gasteiger partial charge in [0.05, 0.1) is 28.3 Å². The third kappa shape index (κ3) is 3.63. The van der Waals surface area contributed by atoms with Crippen molar-refractivity contribution in [3.8, 4) is 11.4 Å². The lowest BCUT2D eigenvalue weighted by Gasteiger charge is -2.27. The van der Waals surface area contributed by atoms with Crippen molar-refractivity contribution in [3.63, 3.8) is 0 Å². The minimum atomic E-state index is -0.855. The van der Waals surface area contributed by atoms with Crippen LogP contribution in [0.5, 0.6) is 0 Å². The van der Waals surface area contributed by atoms with Crippen LogP contribution in [0.2, 0.25) is 0 Å². The zero-order valence-corrected chi connectivity index (χ0v) is 16.8. The summed E-state index contributed by atoms with van der Waals surface area (Å²) in [6.07, 6.45) is 3.72. The molecule has 0 spiro atoms. The molecule has 0 amide bonds. The van der Waals surface area contributed by atoms with Crippen LogP contribution in [-0.4, -0.2) is 26.3 Å². The van der Waals surface area contributed by atoms with Gasteiger partial charge >= 0.3 is 5.69 Å². The molecule has 1 aliphatic rings. The lowest BCUT2D eigenvalue weighted by atomic mass is 10.1. The lowest BCUT2D eigenvalue weighted by Crippen LogP contribution is -2.32. The number of benzene rings is 2. The predicted octanol–water partition coefficient (Wildman–Crippen LogP) is 3.86. The van der Waals surface area contributed by atoms with E-state index in [0.717, 1.165) is 29.0 Å². The lowest BCUT2D eigenvalue weighted by molar-refractivity contribution is -0.383. The fourth-order valence-corrected chi connectivity index (χ4v) is 3.95. The van der Waals surface area contributed by atoms with Crippen LogP contribution >= 0.6 is 0 Å². The number of halogens is 1. The van der Waals surface area contributed by atoms with Crippen LogP contribution in [0.15, 0.2) is 64.1 Å². The van der Waals surface area contributed by atoms with Crippen molar-refractivity contribution in [1.82, 2.24) is 14.9 Å². The summed E-state index contributed by atoms with van der Waals surface area (Å²) >= 11 is 0. The van der Waals surface area contributed by atoms with Gasteiger partial charge in [-0.15, -0.1) is 0 Å². The summed E-state index contributed by atoms with van der Waals surface area (Å²) in [5, 5.41) is 11.0. The Balaban J connectivity index is 1.41. The molecule has 0 unspecified atom stereocenters. The maximum atomic E-state index is 13.8. The van der Waals surface area contributed by atoms with E-state index in [1.165, 1.54) is 6.26 Å². The Morgan fingerprint density at radius 1 is 1.22 bits per heavy atom. The van der Waals surface area contributed by atoms with Crippen LogP contribution in [-0.2, 0) is 19.5 Å². The first-order valence-corrected chi connectivity index (χ1v) is 10.0. The van der Waals surface area contributed by atoms with E-state index >= 15 is 0 Å². The topological polar surface area (TPSA) is 102 Å². The maximum Gasteiger partial charge on any atom is 0.315 e. The normalized spacial score (nSPS) is 13.8. The van der Waals surface area contributed by atoms with Gasteiger partial charge in [0, 0.05) is 48.9 Å². The fraction of sp³-hybridized carbons (Fsp3) is 0.174. The first kappa shape index (κ1) is 20.0. The molecule has 32 heavy (non-hydrogen) atoms. The van der Waals surface area contributed by atoms with Crippen LogP contribution in [0.4, 0.5) is 10.1 Å². The van der Waals surface area contributed by atoms with Gasteiger partial charge in [-0.25, -0.2) is 14.4 Å². The van der Waals surface area contributed by atoms with Crippen molar-refractivity contribution in [2.45, 2.75) is 19.5 Å². The van der Waals surface area contributed by atoms with Crippen molar-refractivity contribution in [2.75, 3.05) is 6.54 Å². The number of aromatic nitrogens is 2. The molecule has 0 bridgehead atoms. The molecule has 0 fully saturated rings. The van der Waals surface area contributed by atoms with Crippen molar-refractivity contribution in [3.05, 3.63) is 97.9 Å². The standard InChI is InChI=1S/C23H17FN4O4/c24-17-8-18-21(29)16(13-32-22(18)20(9-17)28(30)31)12-27-7-6-19-15(11-27)10-25-23(26-19)14-4-2-1-3-5-14/h1-5,8-10,13H,6-7,11-12H2. The van der Waals surface area contributed by atoms with Gasteiger partial charge in [-0.1, -0.05) is 30.3 Å². The summed E-state index contributed by atoms with van der Waals surface area (Å²) in [6, 6.07) is 11.5. The third-order valence-corrected chi connectivity index (χ3v) is 5.53. The van der Waals surface area contributed by atoms with Crippen LogP contribution < -0.4 is 5.43 Å². The van der Waals surface area contributed by atoms with E-state index < -0.39 is 21.9 Å². The molecule has 0 radical (unpaired) electrons. The highest BCUT2D eigenvalue weighted by atomic mass is 19.1. The summed E-state index contributed by atoms with van der Waals surface area (Å²) < 4.78 is 19.2. The summed E-state index contributed by atoms with van der Waals surface area (Å²) in [5.74, 6) is -0.177. The largest absolute Gasteiger partial charge is 0.456 e. The summed E-state index contributed by atoms with van der Waals surface area (Å²) in [4.78, 5) is 34.5. The smallest absolute Gasteiger partial charge is 0.315 e. The molecular weight excluding hydrogens is 415 g/mol. The van der Waals surface area contributed by atoms with Crippen molar-refractivity contribution < 1.29 is 13.7 Å². The number of non-ortho nitro benzene ring substituents is 1. The highest BCUT2D eigenvalue weighted by Crippen LogP contribution is 2.26. The van der Waals surface area contributed by atoms with Crippen LogP contribution in [0, 0.1) is 15.9 Å². The number of hydrogen-bond donors (Lipinski definition) is 0. The summed E-state index contributed by atoms with van der Waals surface area (Å²) in [6.45, 7) is 1.48. The fourth-order valence-electron chi connectivity index (χ4n) is 3.95. The van der Waals surface area contributed by atoms with Gasteiger partial charge in [0.2, 0.25) is 5.58 Å². The molecular formula is C23H17FN4O4. The van der Waals surface area contributed by atoms with E-state index in [9.17, 15) is 19.3 Å². The Hall–Kier alpha value is -3.98. The van der Waals surface area contributed by atoms with Gasteiger partial charge in [0.25, 0.3) is 0 Å². The number of fused-ring (bicyclic) bond motifs is 2. The van der Waals surface area contributed by atoms with Crippen LogP contribution in [0.3, 0.4) is 0 Å². The molecule has 8 nitrogen and oxygen atoms in total. The van der Waals surface area contributed by atoms with E-state index in [1.54, 1.807) is 6.20 Å². The van der Waals surface area contributed by atoms with Crippen molar-refractivity contribution in [1.29, 1.82) is 0 Å². The molecule has 160 valence electrons. The maximum absolute atomic E-state index is 13.8. The molecule has 2 aromatic carbocycles. The van der Waals surface area contributed by atoms with E-state index in [2.05, 4.69) is 4.98 Å². The van der Waals surface area contributed by atoms with Crippen molar-refractivity contribution >= 4 is 16.7 Å². The number of nitro groups is 1. The average molecular weight is 432 g/mol. The van der Waals surface area contributed by atoms with Crippen LogP contribution in [0.25, 0.3) is 22.4 Å². The van der Waals surface area contributed by atoms with E-state index in [4.69, 9.17) is 9.40 Å². The average Bonchev–Trinajstić information content (AvgIpc) is 2.81. The van der Waals surface area contributed by atoms with Gasteiger partial charge in [-0.3, -0.25) is 19.8 Å². The first-order chi connectivity index (χ1) is 15.5. The SMILES string of the molecule is O=c1c(CN2CCc3nc(-c4ccccc4)ncc3C2)coc2c([N+](=O)[O-])cc(F)cc12. The van der Waals surface area contributed by atoms with Gasteiger partial charge in [-0.05, 0) is 6.07 Å².